The molecular weight excluding hydrogens is 246 g/mol. The second-order valence-corrected chi connectivity index (χ2v) is 5.59. The van der Waals surface area contributed by atoms with Crippen LogP contribution in [0.5, 0.6) is 0 Å². The van der Waals surface area contributed by atoms with Crippen LogP contribution in [0.4, 0.5) is 0 Å². The van der Waals surface area contributed by atoms with Crippen molar-refractivity contribution in [2.24, 2.45) is 5.73 Å². The molecule has 0 aliphatic heterocycles. The molecule has 2 rings (SSSR count). The summed E-state index contributed by atoms with van der Waals surface area (Å²) in [5.41, 5.74) is 8.55. The Hall–Kier alpha value is -1.04. The van der Waals surface area contributed by atoms with Gasteiger partial charge in [0.2, 0.25) is 5.89 Å². The number of hydrogen-bond acceptors (Lipinski definition) is 5. The topological polar surface area (TPSA) is 55.3 Å². The molecule has 2 aromatic rings. The molecule has 0 unspecified atom stereocenters. The minimum absolute atomic E-state index is 0.726. The van der Waals surface area contributed by atoms with Gasteiger partial charge in [-0.1, -0.05) is 6.07 Å². The summed E-state index contributed by atoms with van der Waals surface area (Å²) in [6.07, 6.45) is 0. The van der Waals surface area contributed by atoms with E-state index in [9.17, 15) is 0 Å². The zero-order valence-corrected chi connectivity index (χ0v) is 11.7. The number of aromatic nitrogens is 1. The van der Waals surface area contributed by atoms with Gasteiger partial charge in [0, 0.05) is 18.1 Å². The molecule has 4 nitrogen and oxygen atoms in total. The molecule has 0 radical (unpaired) electrons. The van der Waals surface area contributed by atoms with Crippen LogP contribution in [-0.4, -0.2) is 36.3 Å². The van der Waals surface area contributed by atoms with Gasteiger partial charge in [-0.05, 0) is 31.8 Å². The van der Waals surface area contributed by atoms with E-state index in [-0.39, 0.29) is 0 Å². The van der Waals surface area contributed by atoms with Gasteiger partial charge in [-0.25, -0.2) is 4.98 Å². The Bertz CT molecular complexity index is 510. The van der Waals surface area contributed by atoms with Crippen molar-refractivity contribution in [3.63, 3.8) is 0 Å². The maximum atomic E-state index is 5.68. The van der Waals surface area contributed by atoms with Crippen LogP contribution >= 0.6 is 11.8 Å². The lowest BCUT2D eigenvalue weighted by atomic mass is 10.2. The standard InChI is InChI=1S/C13H19N3OS/c1-16(2)8-13-15-11-7-10(9-18-6-5-14)3-4-12(11)17-13/h3-4,7H,5-6,8-9,14H2,1-2H3. The van der Waals surface area contributed by atoms with Gasteiger partial charge in [0.1, 0.15) is 5.52 Å². The van der Waals surface area contributed by atoms with Crippen molar-refractivity contribution in [3.8, 4) is 0 Å². The van der Waals surface area contributed by atoms with E-state index in [1.165, 1.54) is 5.56 Å². The van der Waals surface area contributed by atoms with Gasteiger partial charge >= 0.3 is 0 Å². The molecule has 1 heterocycles. The van der Waals surface area contributed by atoms with Crippen molar-refractivity contribution < 1.29 is 4.42 Å². The van der Waals surface area contributed by atoms with E-state index in [0.717, 1.165) is 41.6 Å². The van der Waals surface area contributed by atoms with Gasteiger partial charge in [-0.3, -0.25) is 0 Å². The monoisotopic (exact) mass is 265 g/mol. The molecule has 0 amide bonds. The lowest BCUT2D eigenvalue weighted by molar-refractivity contribution is 0.349. The fourth-order valence-electron chi connectivity index (χ4n) is 1.72. The van der Waals surface area contributed by atoms with Gasteiger partial charge in [0.25, 0.3) is 0 Å². The number of rotatable bonds is 6. The molecule has 1 aromatic heterocycles. The highest BCUT2D eigenvalue weighted by Crippen LogP contribution is 2.20. The van der Waals surface area contributed by atoms with Crippen molar-refractivity contribution in [3.05, 3.63) is 29.7 Å². The maximum absolute atomic E-state index is 5.68. The van der Waals surface area contributed by atoms with E-state index in [4.69, 9.17) is 10.2 Å². The number of nitrogens with two attached hydrogens (primary N) is 1. The van der Waals surface area contributed by atoms with Crippen molar-refractivity contribution in [2.75, 3.05) is 26.4 Å². The van der Waals surface area contributed by atoms with Gasteiger partial charge in [-0.2, -0.15) is 11.8 Å². The fraction of sp³-hybridized carbons (Fsp3) is 0.462. The van der Waals surface area contributed by atoms with E-state index < -0.39 is 0 Å². The predicted molar refractivity (Wildman–Crippen MR) is 76.6 cm³/mol. The van der Waals surface area contributed by atoms with E-state index >= 15 is 0 Å². The minimum Gasteiger partial charge on any atom is -0.439 e. The van der Waals surface area contributed by atoms with Crippen LogP contribution in [-0.2, 0) is 12.3 Å². The molecule has 0 atom stereocenters. The highest BCUT2D eigenvalue weighted by molar-refractivity contribution is 7.98. The second-order valence-electron chi connectivity index (χ2n) is 4.49. The van der Waals surface area contributed by atoms with Crippen molar-refractivity contribution in [1.29, 1.82) is 0 Å². The summed E-state index contributed by atoms with van der Waals surface area (Å²) < 4.78 is 5.68. The molecule has 0 saturated carbocycles. The van der Waals surface area contributed by atoms with E-state index in [0.29, 0.717) is 0 Å². The summed E-state index contributed by atoms with van der Waals surface area (Å²) >= 11 is 1.84. The van der Waals surface area contributed by atoms with Crippen molar-refractivity contribution in [1.82, 2.24) is 9.88 Å². The van der Waals surface area contributed by atoms with Crippen LogP contribution in [0, 0.1) is 0 Å². The van der Waals surface area contributed by atoms with Crippen LogP contribution in [0.3, 0.4) is 0 Å². The summed E-state index contributed by atoms with van der Waals surface area (Å²) in [7, 11) is 4.01. The largest absolute Gasteiger partial charge is 0.439 e. The number of oxazole rings is 1. The Morgan fingerprint density at radius 2 is 2.22 bits per heavy atom. The molecule has 0 aliphatic carbocycles. The van der Waals surface area contributed by atoms with Crippen LogP contribution < -0.4 is 5.73 Å². The average Bonchev–Trinajstić information content (AvgIpc) is 2.69. The Kier molecular flexibility index (Phi) is 4.63. The quantitative estimate of drug-likeness (QED) is 0.810. The van der Waals surface area contributed by atoms with Crippen LogP contribution in [0.25, 0.3) is 11.1 Å². The predicted octanol–water partition coefficient (Wildman–Crippen LogP) is 2.08. The first kappa shape index (κ1) is 13.4. The molecule has 0 aliphatic rings. The molecule has 1 aromatic carbocycles. The SMILES string of the molecule is CN(C)Cc1nc2cc(CSCCN)ccc2o1. The molecule has 0 bridgehead atoms. The third kappa shape index (κ3) is 3.48. The van der Waals surface area contributed by atoms with Gasteiger partial charge in [0.05, 0.1) is 6.54 Å². The lowest BCUT2D eigenvalue weighted by Gasteiger charge is -2.03. The maximum Gasteiger partial charge on any atom is 0.209 e. The Morgan fingerprint density at radius 1 is 1.39 bits per heavy atom. The molecule has 0 spiro atoms. The highest BCUT2D eigenvalue weighted by atomic mass is 32.2. The number of benzene rings is 1. The Morgan fingerprint density at radius 3 is 2.94 bits per heavy atom. The fourth-order valence-corrected chi connectivity index (χ4v) is 2.45. The summed E-state index contributed by atoms with van der Waals surface area (Å²) in [5, 5.41) is 0. The van der Waals surface area contributed by atoms with Crippen LogP contribution in [0.15, 0.2) is 22.6 Å². The first-order valence-electron chi connectivity index (χ1n) is 6.00. The third-order valence-corrected chi connectivity index (χ3v) is 3.54. The third-order valence-electron chi connectivity index (χ3n) is 2.48. The molecule has 2 N–H and O–H groups in total. The molecule has 0 fully saturated rings. The molecule has 0 saturated heterocycles. The van der Waals surface area contributed by atoms with Gasteiger partial charge in [-0.15, -0.1) is 0 Å². The van der Waals surface area contributed by atoms with Crippen LogP contribution in [0.1, 0.15) is 11.5 Å². The van der Waals surface area contributed by atoms with Gasteiger partial charge < -0.3 is 15.1 Å². The number of fused-ring (bicyclic) bond motifs is 1. The normalized spacial score (nSPS) is 11.6. The van der Waals surface area contributed by atoms with E-state index in [2.05, 4.69) is 17.1 Å². The second kappa shape index (κ2) is 6.22. The summed E-state index contributed by atoms with van der Waals surface area (Å²) in [4.78, 5) is 6.54. The molecule has 98 valence electrons. The highest BCUT2D eigenvalue weighted by Gasteiger charge is 2.07. The molecule has 5 heteroatoms. The Labute approximate surface area is 112 Å². The van der Waals surface area contributed by atoms with Crippen molar-refractivity contribution >= 4 is 22.9 Å². The van der Waals surface area contributed by atoms with Crippen molar-refractivity contribution in [2.45, 2.75) is 12.3 Å². The zero-order chi connectivity index (χ0) is 13.0. The molecular formula is C13H19N3OS. The average molecular weight is 265 g/mol. The smallest absolute Gasteiger partial charge is 0.209 e. The first-order valence-corrected chi connectivity index (χ1v) is 7.15. The summed E-state index contributed by atoms with van der Waals surface area (Å²) in [6, 6.07) is 6.19. The number of nitrogens with zero attached hydrogens (tertiary/aromatic N) is 2. The lowest BCUT2D eigenvalue weighted by Crippen LogP contribution is -2.10. The zero-order valence-electron chi connectivity index (χ0n) is 10.8. The first-order chi connectivity index (χ1) is 8.69. The minimum atomic E-state index is 0.726. The summed E-state index contributed by atoms with van der Waals surface area (Å²) in [6.45, 7) is 1.45. The van der Waals surface area contributed by atoms with E-state index in [1.54, 1.807) is 0 Å². The van der Waals surface area contributed by atoms with Crippen LogP contribution in [0.2, 0.25) is 0 Å². The Balaban J connectivity index is 2.12. The van der Waals surface area contributed by atoms with E-state index in [1.807, 2.05) is 36.8 Å². The van der Waals surface area contributed by atoms with Gasteiger partial charge in [0.15, 0.2) is 5.58 Å². The summed E-state index contributed by atoms with van der Waals surface area (Å²) in [5.74, 6) is 2.73. The number of thioether (sulfide) groups is 1. The molecule has 18 heavy (non-hydrogen) atoms. The number of hydrogen-bond donors (Lipinski definition) is 1.